The summed E-state index contributed by atoms with van der Waals surface area (Å²) in [7, 11) is 0. The molecule has 1 amide bonds. The molecule has 94 valence electrons. The fourth-order valence-electron chi connectivity index (χ4n) is 1.90. The number of rotatable bonds is 5. The molecule has 1 aromatic heterocycles. The van der Waals surface area contributed by atoms with Crippen molar-refractivity contribution in [3.8, 4) is 6.07 Å². The maximum absolute atomic E-state index is 12.3. The fourth-order valence-corrected chi connectivity index (χ4v) is 1.90. The van der Waals surface area contributed by atoms with Gasteiger partial charge in [-0.3, -0.25) is 9.78 Å². The zero-order valence-corrected chi connectivity index (χ0v) is 10.2. The molecule has 1 aromatic rings. The Morgan fingerprint density at radius 1 is 1.61 bits per heavy atom. The molecule has 1 fully saturated rings. The van der Waals surface area contributed by atoms with Crippen molar-refractivity contribution in [3.63, 3.8) is 0 Å². The first kappa shape index (κ1) is 12.5. The van der Waals surface area contributed by atoms with Crippen molar-refractivity contribution in [2.75, 3.05) is 6.54 Å². The van der Waals surface area contributed by atoms with E-state index in [2.05, 4.69) is 11.1 Å². The van der Waals surface area contributed by atoms with Crippen molar-refractivity contribution in [1.82, 2.24) is 9.88 Å². The molecule has 0 aliphatic heterocycles. The van der Waals surface area contributed by atoms with Crippen molar-refractivity contribution < 1.29 is 4.79 Å². The Kier molecular flexibility index (Phi) is 3.90. The first-order valence-corrected chi connectivity index (χ1v) is 6.09. The number of nitrogens with zero attached hydrogens (tertiary/aromatic N) is 3. The zero-order valence-electron chi connectivity index (χ0n) is 10.2. The predicted octanol–water partition coefficient (Wildman–Crippen LogP) is 1.06. The smallest absolute Gasteiger partial charge is 0.254 e. The normalized spacial score (nSPS) is 14.0. The van der Waals surface area contributed by atoms with E-state index in [9.17, 15) is 4.79 Å². The highest BCUT2D eigenvalue weighted by Gasteiger charge is 2.32. The van der Waals surface area contributed by atoms with Crippen molar-refractivity contribution in [2.45, 2.75) is 31.8 Å². The molecule has 2 rings (SSSR count). The summed E-state index contributed by atoms with van der Waals surface area (Å²) in [6.07, 6.45) is 4.04. The van der Waals surface area contributed by atoms with Crippen LogP contribution in [0.25, 0.3) is 0 Å². The number of aromatic nitrogens is 1. The highest BCUT2D eigenvalue weighted by atomic mass is 16.2. The van der Waals surface area contributed by atoms with E-state index < -0.39 is 0 Å². The molecule has 0 unspecified atom stereocenters. The van der Waals surface area contributed by atoms with Crippen LogP contribution in [0.1, 0.15) is 35.3 Å². The predicted molar refractivity (Wildman–Crippen MR) is 66.4 cm³/mol. The van der Waals surface area contributed by atoms with Gasteiger partial charge >= 0.3 is 0 Å². The zero-order chi connectivity index (χ0) is 13.0. The molecule has 1 saturated carbocycles. The van der Waals surface area contributed by atoms with Crippen LogP contribution in [0.5, 0.6) is 0 Å². The Morgan fingerprint density at radius 2 is 2.39 bits per heavy atom. The van der Waals surface area contributed by atoms with Gasteiger partial charge in [0.2, 0.25) is 0 Å². The third kappa shape index (κ3) is 2.84. The molecule has 5 heteroatoms. The summed E-state index contributed by atoms with van der Waals surface area (Å²) in [5, 5.41) is 8.64. The number of amides is 1. The van der Waals surface area contributed by atoms with Crippen LogP contribution in [0, 0.1) is 11.3 Å². The number of hydrogen-bond donors (Lipinski definition) is 1. The first-order chi connectivity index (χ1) is 8.76. The maximum atomic E-state index is 12.3. The second-order valence-electron chi connectivity index (χ2n) is 4.38. The van der Waals surface area contributed by atoms with E-state index in [0.29, 0.717) is 36.8 Å². The maximum Gasteiger partial charge on any atom is 0.254 e. The SMILES string of the molecule is N#CCCN(C(=O)c1ccnc(CN)c1)C1CC1. The molecule has 2 N–H and O–H groups in total. The minimum absolute atomic E-state index is 0.0233. The number of pyridine rings is 1. The van der Waals surface area contributed by atoms with Crippen LogP contribution in [0.15, 0.2) is 18.3 Å². The number of carbonyl (C=O) groups is 1. The highest BCUT2D eigenvalue weighted by molar-refractivity contribution is 5.94. The van der Waals surface area contributed by atoms with Crippen molar-refractivity contribution in [3.05, 3.63) is 29.6 Å². The molecule has 0 radical (unpaired) electrons. The van der Waals surface area contributed by atoms with Gasteiger partial charge < -0.3 is 10.6 Å². The number of nitrogens with two attached hydrogens (primary N) is 1. The van der Waals surface area contributed by atoms with Crippen LogP contribution >= 0.6 is 0 Å². The van der Waals surface area contributed by atoms with Crippen LogP contribution in [0.2, 0.25) is 0 Å². The summed E-state index contributed by atoms with van der Waals surface area (Å²) in [5.74, 6) is -0.0233. The summed E-state index contributed by atoms with van der Waals surface area (Å²) in [6, 6.07) is 5.81. The van der Waals surface area contributed by atoms with Gasteiger partial charge in [0.1, 0.15) is 0 Å². The van der Waals surface area contributed by atoms with Crippen LogP contribution in [-0.2, 0) is 6.54 Å². The van der Waals surface area contributed by atoms with E-state index in [1.807, 2.05) is 0 Å². The lowest BCUT2D eigenvalue weighted by Gasteiger charge is -2.21. The molecular weight excluding hydrogens is 228 g/mol. The fraction of sp³-hybridized carbons (Fsp3) is 0.462. The average Bonchev–Trinajstić information content (AvgIpc) is 3.23. The molecule has 1 aliphatic rings. The van der Waals surface area contributed by atoms with E-state index in [-0.39, 0.29) is 5.91 Å². The summed E-state index contributed by atoms with van der Waals surface area (Å²) >= 11 is 0. The standard InChI is InChI=1S/C13H16N4O/c14-5-1-7-17(12-2-3-12)13(18)10-4-6-16-11(8-10)9-15/h4,6,8,12H,1-3,7,9,15H2. The average molecular weight is 244 g/mol. The van der Waals surface area contributed by atoms with Gasteiger partial charge in [0.25, 0.3) is 5.91 Å². The van der Waals surface area contributed by atoms with E-state index in [4.69, 9.17) is 11.0 Å². The summed E-state index contributed by atoms with van der Waals surface area (Å²) < 4.78 is 0. The van der Waals surface area contributed by atoms with Gasteiger partial charge in [0.05, 0.1) is 18.2 Å². The molecule has 0 saturated heterocycles. The monoisotopic (exact) mass is 244 g/mol. The van der Waals surface area contributed by atoms with Gasteiger partial charge in [-0.25, -0.2) is 0 Å². The Hall–Kier alpha value is -1.93. The molecule has 0 atom stereocenters. The quantitative estimate of drug-likeness (QED) is 0.839. The number of carbonyl (C=O) groups excluding carboxylic acids is 1. The van der Waals surface area contributed by atoms with Gasteiger partial charge in [-0.15, -0.1) is 0 Å². The van der Waals surface area contributed by atoms with Gasteiger partial charge in [-0.1, -0.05) is 0 Å². The van der Waals surface area contributed by atoms with Crippen LogP contribution in [-0.4, -0.2) is 28.4 Å². The largest absolute Gasteiger partial charge is 0.335 e. The van der Waals surface area contributed by atoms with E-state index >= 15 is 0 Å². The summed E-state index contributed by atoms with van der Waals surface area (Å²) in [4.78, 5) is 18.2. The molecule has 0 bridgehead atoms. The van der Waals surface area contributed by atoms with Crippen LogP contribution in [0.4, 0.5) is 0 Å². The molecule has 0 spiro atoms. The van der Waals surface area contributed by atoms with Crippen molar-refractivity contribution >= 4 is 5.91 Å². The van der Waals surface area contributed by atoms with Crippen molar-refractivity contribution in [2.24, 2.45) is 5.73 Å². The molecule has 0 aromatic carbocycles. The van der Waals surface area contributed by atoms with Gasteiger partial charge in [0, 0.05) is 30.9 Å². The van der Waals surface area contributed by atoms with E-state index in [1.54, 1.807) is 23.2 Å². The number of nitriles is 1. The van der Waals surface area contributed by atoms with Crippen molar-refractivity contribution in [1.29, 1.82) is 5.26 Å². The second-order valence-corrected chi connectivity index (χ2v) is 4.38. The summed E-state index contributed by atoms with van der Waals surface area (Å²) in [6.45, 7) is 0.822. The molecule has 18 heavy (non-hydrogen) atoms. The Bertz CT molecular complexity index is 476. The van der Waals surface area contributed by atoms with Crippen LogP contribution in [0.3, 0.4) is 0 Å². The minimum Gasteiger partial charge on any atom is -0.335 e. The Balaban J connectivity index is 2.14. The highest BCUT2D eigenvalue weighted by Crippen LogP contribution is 2.28. The third-order valence-corrected chi connectivity index (χ3v) is 2.99. The lowest BCUT2D eigenvalue weighted by molar-refractivity contribution is 0.0746. The molecule has 1 aliphatic carbocycles. The minimum atomic E-state index is -0.0233. The van der Waals surface area contributed by atoms with Gasteiger partial charge in [-0.2, -0.15) is 5.26 Å². The molecular formula is C13H16N4O. The molecule has 5 nitrogen and oxygen atoms in total. The Morgan fingerprint density at radius 3 is 3.00 bits per heavy atom. The van der Waals surface area contributed by atoms with Gasteiger partial charge in [-0.05, 0) is 25.0 Å². The number of hydrogen-bond acceptors (Lipinski definition) is 4. The summed E-state index contributed by atoms with van der Waals surface area (Å²) in [5.41, 5.74) is 6.83. The Labute approximate surface area is 106 Å². The lowest BCUT2D eigenvalue weighted by atomic mass is 10.2. The second kappa shape index (κ2) is 5.61. The van der Waals surface area contributed by atoms with Gasteiger partial charge in [0.15, 0.2) is 0 Å². The van der Waals surface area contributed by atoms with E-state index in [0.717, 1.165) is 12.8 Å². The molecule has 1 heterocycles. The van der Waals surface area contributed by atoms with Crippen LogP contribution < -0.4 is 5.73 Å². The van der Waals surface area contributed by atoms with E-state index in [1.165, 1.54) is 0 Å². The first-order valence-electron chi connectivity index (χ1n) is 6.09. The topological polar surface area (TPSA) is 83.0 Å². The third-order valence-electron chi connectivity index (χ3n) is 2.99. The lowest BCUT2D eigenvalue weighted by Crippen LogP contribution is -2.34.